The molecular weight excluding hydrogens is 244 g/mol. The second-order valence-electron chi connectivity index (χ2n) is 3.28. The highest BCUT2D eigenvalue weighted by Crippen LogP contribution is 2.12. The first-order valence-electron chi connectivity index (χ1n) is 4.86. The number of carbonyl (C=O) groups is 1. The molecule has 0 amide bonds. The molecule has 90 valence electrons. The van der Waals surface area contributed by atoms with Gasteiger partial charge in [-0.05, 0) is 22.4 Å². The molecule has 0 atom stereocenters. The van der Waals surface area contributed by atoms with Crippen molar-refractivity contribution in [3.63, 3.8) is 0 Å². The minimum absolute atomic E-state index is 0.0168. The first-order valence-corrected chi connectivity index (χ1v) is 5.80. The summed E-state index contributed by atoms with van der Waals surface area (Å²) in [5.74, 6) is -0.239. The smallest absolute Gasteiger partial charge is 0.329 e. The summed E-state index contributed by atoms with van der Waals surface area (Å²) in [5, 5.41) is 20.0. The Kier molecular flexibility index (Phi) is 3.84. The van der Waals surface area contributed by atoms with E-state index in [1.807, 2.05) is 16.8 Å². The average Bonchev–Trinajstić information content (AvgIpc) is 2.90. The summed E-state index contributed by atoms with van der Waals surface area (Å²) in [6.07, 6.45) is 0.579. The van der Waals surface area contributed by atoms with Gasteiger partial charge in [0.05, 0.1) is 6.42 Å². The van der Waals surface area contributed by atoms with Gasteiger partial charge in [-0.25, -0.2) is 4.79 Å². The van der Waals surface area contributed by atoms with Crippen molar-refractivity contribution in [1.29, 1.82) is 0 Å². The quantitative estimate of drug-likeness (QED) is 0.836. The number of carboxylic acid groups (broad SMARTS) is 1. The zero-order chi connectivity index (χ0) is 12.1. The van der Waals surface area contributed by atoms with Crippen LogP contribution in [0, 0.1) is 0 Å². The molecule has 0 bridgehead atoms. The van der Waals surface area contributed by atoms with Crippen molar-refractivity contribution in [2.24, 2.45) is 0 Å². The number of thiophene rings is 1. The Labute approximate surface area is 101 Å². The van der Waals surface area contributed by atoms with Crippen molar-refractivity contribution in [3.8, 4) is 0 Å². The van der Waals surface area contributed by atoms with Crippen LogP contribution in [0.15, 0.2) is 21.2 Å². The Balaban J connectivity index is 1.85. The highest BCUT2D eigenvalue weighted by Gasteiger charge is 2.08. The van der Waals surface area contributed by atoms with Gasteiger partial charge in [0.1, 0.15) is 13.2 Å². The summed E-state index contributed by atoms with van der Waals surface area (Å²) in [6.45, 7) is -0.356. The maximum Gasteiger partial charge on any atom is 0.329 e. The molecule has 0 unspecified atom stereocenters. The predicted molar refractivity (Wildman–Crippen MR) is 58.7 cm³/mol. The van der Waals surface area contributed by atoms with Crippen molar-refractivity contribution in [1.82, 2.24) is 10.2 Å². The molecule has 0 radical (unpaired) electrons. The molecule has 2 heterocycles. The van der Waals surface area contributed by atoms with Crippen LogP contribution in [0.25, 0.3) is 0 Å². The van der Waals surface area contributed by atoms with Gasteiger partial charge in [0.2, 0.25) is 11.8 Å². The third-order valence-electron chi connectivity index (χ3n) is 1.90. The molecule has 2 aromatic rings. The first-order chi connectivity index (χ1) is 8.24. The van der Waals surface area contributed by atoms with Gasteiger partial charge in [-0.3, -0.25) is 0 Å². The fourth-order valence-electron chi connectivity index (χ4n) is 1.21. The predicted octanol–water partition coefficient (Wildman–Crippen LogP) is 1.32. The number of hydrogen-bond acceptors (Lipinski definition) is 6. The van der Waals surface area contributed by atoms with Crippen molar-refractivity contribution >= 4 is 17.3 Å². The third-order valence-corrected chi connectivity index (χ3v) is 2.63. The number of ether oxygens (including phenoxy) is 1. The summed E-state index contributed by atoms with van der Waals surface area (Å²) in [5.41, 5.74) is 1.11. The van der Waals surface area contributed by atoms with E-state index in [4.69, 9.17) is 14.3 Å². The number of aliphatic carboxylic acids is 1. The molecule has 0 spiro atoms. The molecule has 0 fully saturated rings. The van der Waals surface area contributed by atoms with Crippen LogP contribution < -0.4 is 0 Å². The molecule has 0 aliphatic rings. The van der Waals surface area contributed by atoms with E-state index in [1.165, 1.54) is 0 Å². The molecule has 1 N–H and O–H groups in total. The fourth-order valence-corrected chi connectivity index (χ4v) is 1.88. The average molecular weight is 254 g/mol. The molecule has 6 nitrogen and oxygen atoms in total. The fraction of sp³-hybridized carbons (Fsp3) is 0.300. The Bertz CT molecular complexity index is 480. The summed E-state index contributed by atoms with van der Waals surface area (Å²) in [4.78, 5) is 10.2. The Hall–Kier alpha value is -1.73. The van der Waals surface area contributed by atoms with E-state index >= 15 is 0 Å². The van der Waals surface area contributed by atoms with Gasteiger partial charge in [0, 0.05) is 0 Å². The largest absolute Gasteiger partial charge is 0.480 e. The standard InChI is InChI=1S/C10H10N2O4S/c13-10(14)5-15-4-9-12-11-8(16-9)3-7-1-2-17-6-7/h1-2,6H,3-5H2,(H,13,14). The molecule has 17 heavy (non-hydrogen) atoms. The highest BCUT2D eigenvalue weighted by atomic mass is 32.1. The molecule has 2 aromatic heterocycles. The minimum atomic E-state index is -1.02. The molecule has 0 aliphatic carbocycles. The zero-order valence-electron chi connectivity index (χ0n) is 8.83. The summed E-state index contributed by atoms with van der Waals surface area (Å²) in [6, 6.07) is 1.98. The third kappa shape index (κ3) is 3.65. The van der Waals surface area contributed by atoms with Crippen molar-refractivity contribution in [2.45, 2.75) is 13.0 Å². The number of hydrogen-bond donors (Lipinski definition) is 1. The van der Waals surface area contributed by atoms with Crippen LogP contribution in [0.2, 0.25) is 0 Å². The molecule has 7 heteroatoms. The van der Waals surface area contributed by atoms with E-state index in [9.17, 15) is 4.79 Å². The Morgan fingerprint density at radius 3 is 3.00 bits per heavy atom. The number of carboxylic acids is 1. The van der Waals surface area contributed by atoms with Gasteiger partial charge in [-0.1, -0.05) is 0 Å². The minimum Gasteiger partial charge on any atom is -0.480 e. The van der Waals surface area contributed by atoms with E-state index in [-0.39, 0.29) is 19.1 Å². The maximum atomic E-state index is 10.2. The van der Waals surface area contributed by atoms with Crippen LogP contribution in [0.3, 0.4) is 0 Å². The van der Waals surface area contributed by atoms with E-state index < -0.39 is 5.97 Å². The van der Waals surface area contributed by atoms with E-state index in [2.05, 4.69) is 10.2 Å². The molecule has 0 aliphatic heterocycles. The van der Waals surface area contributed by atoms with Gasteiger partial charge in [0.25, 0.3) is 0 Å². The first kappa shape index (κ1) is 11.7. The number of rotatable bonds is 6. The lowest BCUT2D eigenvalue weighted by Crippen LogP contribution is -2.06. The lowest BCUT2D eigenvalue weighted by Gasteiger charge is -1.95. The van der Waals surface area contributed by atoms with Crippen LogP contribution in [0.1, 0.15) is 17.3 Å². The van der Waals surface area contributed by atoms with Gasteiger partial charge in [0.15, 0.2) is 0 Å². The zero-order valence-corrected chi connectivity index (χ0v) is 9.64. The lowest BCUT2D eigenvalue weighted by molar-refractivity contribution is -0.142. The van der Waals surface area contributed by atoms with Crippen molar-refractivity contribution in [2.75, 3.05) is 6.61 Å². The molecule has 0 aromatic carbocycles. The monoisotopic (exact) mass is 254 g/mol. The molecule has 0 saturated carbocycles. The van der Waals surface area contributed by atoms with Crippen LogP contribution in [-0.4, -0.2) is 27.9 Å². The normalized spacial score (nSPS) is 10.6. The van der Waals surface area contributed by atoms with E-state index in [0.29, 0.717) is 12.3 Å². The second kappa shape index (κ2) is 5.55. The topological polar surface area (TPSA) is 85.5 Å². The number of nitrogens with zero attached hydrogens (tertiary/aromatic N) is 2. The molecular formula is C10H10N2O4S. The molecule has 2 rings (SSSR count). The number of aromatic nitrogens is 2. The maximum absolute atomic E-state index is 10.2. The highest BCUT2D eigenvalue weighted by molar-refractivity contribution is 7.07. The summed E-state index contributed by atoms with van der Waals surface area (Å²) >= 11 is 1.60. The van der Waals surface area contributed by atoms with Crippen LogP contribution >= 0.6 is 11.3 Å². The van der Waals surface area contributed by atoms with Gasteiger partial charge in [-0.2, -0.15) is 11.3 Å². The molecule has 0 saturated heterocycles. The SMILES string of the molecule is O=C(O)COCc1nnc(Cc2ccsc2)o1. The van der Waals surface area contributed by atoms with Crippen LogP contribution in [0.5, 0.6) is 0 Å². The van der Waals surface area contributed by atoms with Gasteiger partial charge in [-0.15, -0.1) is 10.2 Å². The van der Waals surface area contributed by atoms with E-state index in [0.717, 1.165) is 5.56 Å². The Morgan fingerprint density at radius 2 is 2.29 bits per heavy atom. The van der Waals surface area contributed by atoms with Gasteiger partial charge >= 0.3 is 5.97 Å². The van der Waals surface area contributed by atoms with Crippen LogP contribution in [-0.2, 0) is 22.6 Å². The summed E-state index contributed by atoms with van der Waals surface area (Å²) in [7, 11) is 0. The van der Waals surface area contributed by atoms with E-state index in [1.54, 1.807) is 11.3 Å². The second-order valence-corrected chi connectivity index (χ2v) is 4.06. The lowest BCUT2D eigenvalue weighted by atomic mass is 10.2. The Morgan fingerprint density at radius 1 is 1.47 bits per heavy atom. The van der Waals surface area contributed by atoms with Crippen molar-refractivity contribution < 1.29 is 19.1 Å². The van der Waals surface area contributed by atoms with Crippen LogP contribution in [0.4, 0.5) is 0 Å². The van der Waals surface area contributed by atoms with Crippen molar-refractivity contribution in [3.05, 3.63) is 34.2 Å². The van der Waals surface area contributed by atoms with Gasteiger partial charge < -0.3 is 14.3 Å². The summed E-state index contributed by atoms with van der Waals surface area (Å²) < 4.78 is 10.1.